The predicted molar refractivity (Wildman–Crippen MR) is 91.3 cm³/mol. The average Bonchev–Trinajstić information content (AvgIpc) is 2.97. The molecule has 1 unspecified atom stereocenters. The second-order valence-corrected chi connectivity index (χ2v) is 5.69. The number of nitrogens with one attached hydrogen (secondary N) is 2. The van der Waals surface area contributed by atoms with Gasteiger partial charge >= 0.3 is 0 Å². The summed E-state index contributed by atoms with van der Waals surface area (Å²) in [6, 6.07) is 17.1. The van der Waals surface area contributed by atoms with Crippen molar-refractivity contribution < 1.29 is 4.74 Å². The molecule has 0 aliphatic rings. The third kappa shape index (κ3) is 3.31. The highest BCUT2D eigenvalue weighted by atomic mass is 16.5. The Morgan fingerprint density at radius 1 is 1.09 bits per heavy atom. The molecule has 3 nitrogen and oxygen atoms in total. The van der Waals surface area contributed by atoms with E-state index < -0.39 is 0 Å². The lowest BCUT2D eigenvalue weighted by atomic mass is 10.1. The summed E-state index contributed by atoms with van der Waals surface area (Å²) in [7, 11) is 1.69. The normalized spacial score (nSPS) is 12.5. The fraction of sp³-hybridized carbons (Fsp3) is 0.263. The molecule has 1 atom stereocenters. The van der Waals surface area contributed by atoms with Crippen LogP contribution < -0.4 is 10.1 Å². The fourth-order valence-corrected chi connectivity index (χ4v) is 2.74. The summed E-state index contributed by atoms with van der Waals surface area (Å²) < 4.78 is 5.18. The number of rotatable bonds is 6. The third-order valence-electron chi connectivity index (χ3n) is 4.01. The monoisotopic (exact) mass is 294 g/mol. The molecule has 2 N–H and O–H groups in total. The van der Waals surface area contributed by atoms with Gasteiger partial charge in [0, 0.05) is 29.7 Å². The molecule has 0 saturated carbocycles. The van der Waals surface area contributed by atoms with E-state index in [1.807, 2.05) is 12.1 Å². The molecule has 0 bridgehead atoms. The SMILES string of the molecule is COc1ccc(CNC(C)Cc2c[nH]c3ccccc23)cc1. The number of aromatic amines is 1. The predicted octanol–water partition coefficient (Wildman–Crippen LogP) is 3.90. The number of methoxy groups -OCH3 is 1. The smallest absolute Gasteiger partial charge is 0.118 e. The lowest BCUT2D eigenvalue weighted by Crippen LogP contribution is -2.27. The summed E-state index contributed by atoms with van der Waals surface area (Å²) in [5.74, 6) is 0.899. The van der Waals surface area contributed by atoms with Crippen LogP contribution in [0.5, 0.6) is 5.75 Å². The van der Waals surface area contributed by atoms with E-state index in [9.17, 15) is 0 Å². The Balaban J connectivity index is 1.59. The van der Waals surface area contributed by atoms with Gasteiger partial charge in [-0.15, -0.1) is 0 Å². The van der Waals surface area contributed by atoms with Crippen LogP contribution in [0, 0.1) is 0 Å². The van der Waals surface area contributed by atoms with Crippen LogP contribution in [0.15, 0.2) is 54.7 Å². The first-order valence-electron chi connectivity index (χ1n) is 7.67. The highest BCUT2D eigenvalue weighted by molar-refractivity contribution is 5.83. The summed E-state index contributed by atoms with van der Waals surface area (Å²) >= 11 is 0. The van der Waals surface area contributed by atoms with E-state index in [-0.39, 0.29) is 0 Å². The van der Waals surface area contributed by atoms with E-state index in [0.717, 1.165) is 18.7 Å². The second kappa shape index (κ2) is 6.67. The molecule has 1 heterocycles. The van der Waals surface area contributed by atoms with Crippen molar-refractivity contribution in [3.05, 3.63) is 65.9 Å². The summed E-state index contributed by atoms with van der Waals surface area (Å²) in [6.45, 7) is 3.10. The molecule has 0 aliphatic carbocycles. The molecule has 0 spiro atoms. The van der Waals surface area contributed by atoms with Crippen LogP contribution in [0.2, 0.25) is 0 Å². The Hall–Kier alpha value is -2.26. The molecule has 3 heteroatoms. The zero-order valence-electron chi connectivity index (χ0n) is 13.1. The van der Waals surface area contributed by atoms with E-state index in [0.29, 0.717) is 6.04 Å². The second-order valence-electron chi connectivity index (χ2n) is 5.69. The highest BCUT2D eigenvalue weighted by Gasteiger charge is 2.08. The van der Waals surface area contributed by atoms with Crippen LogP contribution >= 0.6 is 0 Å². The summed E-state index contributed by atoms with van der Waals surface area (Å²) in [5, 5.41) is 4.90. The number of ether oxygens (including phenoxy) is 1. The van der Waals surface area contributed by atoms with Crippen molar-refractivity contribution in [1.29, 1.82) is 0 Å². The number of fused-ring (bicyclic) bond motifs is 1. The third-order valence-corrected chi connectivity index (χ3v) is 4.01. The van der Waals surface area contributed by atoms with Gasteiger partial charge in [0.15, 0.2) is 0 Å². The van der Waals surface area contributed by atoms with Gasteiger partial charge in [-0.3, -0.25) is 0 Å². The van der Waals surface area contributed by atoms with Crippen LogP contribution in [0.3, 0.4) is 0 Å². The van der Waals surface area contributed by atoms with E-state index in [2.05, 4.69) is 59.8 Å². The highest BCUT2D eigenvalue weighted by Crippen LogP contribution is 2.19. The first-order valence-corrected chi connectivity index (χ1v) is 7.67. The van der Waals surface area contributed by atoms with Gasteiger partial charge in [0.1, 0.15) is 5.75 Å². The maximum absolute atomic E-state index is 5.18. The largest absolute Gasteiger partial charge is 0.497 e. The maximum Gasteiger partial charge on any atom is 0.118 e. The van der Waals surface area contributed by atoms with Crippen molar-refractivity contribution in [3.8, 4) is 5.75 Å². The van der Waals surface area contributed by atoms with Crippen LogP contribution in [-0.4, -0.2) is 18.1 Å². The van der Waals surface area contributed by atoms with Gasteiger partial charge < -0.3 is 15.0 Å². The summed E-state index contributed by atoms with van der Waals surface area (Å²) in [6.07, 6.45) is 3.14. The van der Waals surface area contributed by atoms with Crippen LogP contribution in [0.4, 0.5) is 0 Å². The number of benzene rings is 2. The van der Waals surface area contributed by atoms with Crippen molar-refractivity contribution in [1.82, 2.24) is 10.3 Å². The Labute approximate surface area is 131 Å². The molecule has 0 amide bonds. The van der Waals surface area contributed by atoms with Gasteiger partial charge in [0.25, 0.3) is 0 Å². The number of hydrogen-bond donors (Lipinski definition) is 2. The number of aromatic nitrogens is 1. The Morgan fingerprint density at radius 2 is 1.86 bits per heavy atom. The van der Waals surface area contributed by atoms with Crippen molar-refractivity contribution in [2.75, 3.05) is 7.11 Å². The minimum atomic E-state index is 0.418. The van der Waals surface area contributed by atoms with Crippen LogP contribution in [-0.2, 0) is 13.0 Å². The maximum atomic E-state index is 5.18. The standard InChI is InChI=1S/C19H22N2O/c1-14(20-12-15-7-9-17(22-2)10-8-15)11-16-13-21-19-6-4-3-5-18(16)19/h3-10,13-14,20-21H,11-12H2,1-2H3. The van der Waals surface area contributed by atoms with E-state index in [1.54, 1.807) is 7.11 Å². The molecular formula is C19H22N2O. The summed E-state index contributed by atoms with van der Waals surface area (Å²) in [4.78, 5) is 3.34. The molecule has 0 radical (unpaired) electrons. The zero-order valence-corrected chi connectivity index (χ0v) is 13.1. The molecule has 0 aliphatic heterocycles. The molecule has 0 fully saturated rings. The van der Waals surface area contributed by atoms with E-state index in [4.69, 9.17) is 4.74 Å². The Bertz CT molecular complexity index is 731. The molecule has 3 rings (SSSR count). The van der Waals surface area contributed by atoms with Crippen molar-refractivity contribution >= 4 is 10.9 Å². The van der Waals surface area contributed by atoms with Gasteiger partial charge in [-0.2, -0.15) is 0 Å². The first kappa shape index (κ1) is 14.7. The van der Waals surface area contributed by atoms with E-state index >= 15 is 0 Å². The Kier molecular flexibility index (Phi) is 4.45. The minimum Gasteiger partial charge on any atom is -0.497 e. The minimum absolute atomic E-state index is 0.418. The van der Waals surface area contributed by atoms with Gasteiger partial charge in [-0.25, -0.2) is 0 Å². The molecule has 3 aromatic rings. The van der Waals surface area contributed by atoms with Gasteiger partial charge in [0.2, 0.25) is 0 Å². The fourth-order valence-electron chi connectivity index (χ4n) is 2.74. The topological polar surface area (TPSA) is 37.0 Å². The molecule has 1 aromatic heterocycles. The van der Waals surface area contributed by atoms with Crippen LogP contribution in [0.1, 0.15) is 18.1 Å². The zero-order chi connectivity index (χ0) is 15.4. The number of H-pyrrole nitrogens is 1. The number of hydrogen-bond acceptors (Lipinski definition) is 2. The lowest BCUT2D eigenvalue weighted by molar-refractivity contribution is 0.414. The van der Waals surface area contributed by atoms with Crippen molar-refractivity contribution in [2.45, 2.75) is 25.9 Å². The summed E-state index contributed by atoms with van der Waals surface area (Å²) in [5.41, 5.74) is 3.84. The Morgan fingerprint density at radius 3 is 2.64 bits per heavy atom. The molecule has 0 saturated heterocycles. The quantitative estimate of drug-likeness (QED) is 0.723. The van der Waals surface area contributed by atoms with Gasteiger partial charge in [0.05, 0.1) is 7.11 Å². The van der Waals surface area contributed by atoms with Crippen LogP contribution in [0.25, 0.3) is 10.9 Å². The molecular weight excluding hydrogens is 272 g/mol. The van der Waals surface area contributed by atoms with Crippen molar-refractivity contribution in [2.24, 2.45) is 0 Å². The van der Waals surface area contributed by atoms with Gasteiger partial charge in [-0.05, 0) is 42.7 Å². The molecule has 2 aromatic carbocycles. The number of para-hydroxylation sites is 1. The molecule has 22 heavy (non-hydrogen) atoms. The average molecular weight is 294 g/mol. The first-order chi connectivity index (χ1) is 10.8. The van der Waals surface area contributed by atoms with Gasteiger partial charge in [-0.1, -0.05) is 30.3 Å². The van der Waals surface area contributed by atoms with E-state index in [1.165, 1.54) is 22.0 Å². The molecule has 114 valence electrons. The lowest BCUT2D eigenvalue weighted by Gasteiger charge is -2.13. The van der Waals surface area contributed by atoms with Crippen molar-refractivity contribution in [3.63, 3.8) is 0 Å².